The number of rotatable bonds is 8. The first-order valence-corrected chi connectivity index (χ1v) is 7.18. The molecule has 0 atom stereocenters. The number of nitrogens with zero attached hydrogens (tertiary/aromatic N) is 1. The van der Waals surface area contributed by atoms with Crippen LogP contribution in [0.15, 0.2) is 0 Å². The lowest BCUT2D eigenvalue weighted by molar-refractivity contribution is 0.0641. The zero-order valence-electron chi connectivity index (χ0n) is 12.0. The standard InChI is InChI=1S/C14H30N2O2/c1-13-3-5-14(11-15,6-4-13)12-16(7-9-17)8-10-18-2/h13,17H,3-12,15H2,1-2H3. The molecular weight excluding hydrogens is 228 g/mol. The van der Waals surface area contributed by atoms with Crippen LogP contribution in [-0.4, -0.2) is 56.5 Å². The summed E-state index contributed by atoms with van der Waals surface area (Å²) < 4.78 is 5.14. The van der Waals surface area contributed by atoms with Gasteiger partial charge >= 0.3 is 0 Å². The highest BCUT2D eigenvalue weighted by atomic mass is 16.5. The molecule has 3 N–H and O–H groups in total. The zero-order chi connectivity index (χ0) is 13.4. The van der Waals surface area contributed by atoms with Crippen molar-refractivity contribution in [3.05, 3.63) is 0 Å². The van der Waals surface area contributed by atoms with Crippen LogP contribution in [0.4, 0.5) is 0 Å². The van der Waals surface area contributed by atoms with Crippen molar-refractivity contribution in [3.8, 4) is 0 Å². The van der Waals surface area contributed by atoms with Gasteiger partial charge in [-0.25, -0.2) is 0 Å². The summed E-state index contributed by atoms with van der Waals surface area (Å²) in [5, 5.41) is 9.15. The third kappa shape index (κ3) is 4.84. The predicted molar refractivity (Wildman–Crippen MR) is 74.5 cm³/mol. The fraction of sp³-hybridized carbons (Fsp3) is 1.00. The van der Waals surface area contributed by atoms with E-state index in [1.54, 1.807) is 7.11 Å². The molecule has 0 saturated heterocycles. The van der Waals surface area contributed by atoms with Gasteiger partial charge in [-0.2, -0.15) is 0 Å². The number of aliphatic hydroxyl groups is 1. The van der Waals surface area contributed by atoms with E-state index >= 15 is 0 Å². The van der Waals surface area contributed by atoms with E-state index < -0.39 is 0 Å². The molecule has 4 heteroatoms. The highest BCUT2D eigenvalue weighted by molar-refractivity contribution is 4.88. The van der Waals surface area contributed by atoms with Gasteiger partial charge in [0.15, 0.2) is 0 Å². The van der Waals surface area contributed by atoms with Crippen LogP contribution >= 0.6 is 0 Å². The van der Waals surface area contributed by atoms with Crippen molar-refractivity contribution < 1.29 is 9.84 Å². The molecule has 0 aliphatic heterocycles. The second kappa shape index (κ2) is 8.10. The molecular formula is C14H30N2O2. The Morgan fingerprint density at radius 3 is 2.50 bits per heavy atom. The predicted octanol–water partition coefficient (Wildman–Crippen LogP) is 1.08. The normalized spacial score (nSPS) is 28.8. The maximum absolute atomic E-state index is 9.15. The van der Waals surface area contributed by atoms with Crippen LogP contribution < -0.4 is 5.73 Å². The fourth-order valence-corrected chi connectivity index (χ4v) is 2.91. The number of methoxy groups -OCH3 is 1. The van der Waals surface area contributed by atoms with Crippen LogP contribution in [0.3, 0.4) is 0 Å². The summed E-state index contributed by atoms with van der Waals surface area (Å²) in [6, 6.07) is 0. The van der Waals surface area contributed by atoms with Gasteiger partial charge in [0.25, 0.3) is 0 Å². The largest absolute Gasteiger partial charge is 0.395 e. The summed E-state index contributed by atoms with van der Waals surface area (Å²) in [4.78, 5) is 2.30. The molecule has 1 saturated carbocycles. The minimum absolute atomic E-state index is 0.209. The third-order valence-electron chi connectivity index (χ3n) is 4.35. The average Bonchev–Trinajstić information content (AvgIpc) is 2.39. The molecule has 108 valence electrons. The van der Waals surface area contributed by atoms with Gasteiger partial charge in [0.2, 0.25) is 0 Å². The number of aliphatic hydroxyl groups excluding tert-OH is 1. The molecule has 0 bridgehead atoms. The van der Waals surface area contributed by atoms with Crippen molar-refractivity contribution in [2.24, 2.45) is 17.1 Å². The lowest BCUT2D eigenvalue weighted by atomic mass is 9.70. The van der Waals surface area contributed by atoms with E-state index in [2.05, 4.69) is 11.8 Å². The topological polar surface area (TPSA) is 58.7 Å². The van der Waals surface area contributed by atoms with E-state index in [-0.39, 0.29) is 12.0 Å². The third-order valence-corrected chi connectivity index (χ3v) is 4.35. The lowest BCUT2D eigenvalue weighted by Crippen LogP contribution is -2.46. The van der Waals surface area contributed by atoms with Crippen molar-refractivity contribution >= 4 is 0 Å². The molecule has 1 aliphatic rings. The molecule has 0 radical (unpaired) electrons. The molecule has 18 heavy (non-hydrogen) atoms. The fourth-order valence-electron chi connectivity index (χ4n) is 2.91. The van der Waals surface area contributed by atoms with Crippen molar-refractivity contribution in [2.75, 3.05) is 46.5 Å². The molecule has 0 heterocycles. The smallest absolute Gasteiger partial charge is 0.0589 e. The Balaban J connectivity index is 2.52. The minimum Gasteiger partial charge on any atom is -0.395 e. The van der Waals surface area contributed by atoms with Gasteiger partial charge < -0.3 is 15.6 Å². The molecule has 1 fully saturated rings. The second-order valence-corrected chi connectivity index (χ2v) is 5.88. The van der Waals surface area contributed by atoms with E-state index in [1.807, 2.05) is 0 Å². The molecule has 4 nitrogen and oxygen atoms in total. The summed E-state index contributed by atoms with van der Waals surface area (Å²) in [6.45, 7) is 6.62. The van der Waals surface area contributed by atoms with Crippen LogP contribution in [0.5, 0.6) is 0 Å². The van der Waals surface area contributed by atoms with E-state index in [1.165, 1.54) is 25.7 Å². The van der Waals surface area contributed by atoms with Crippen LogP contribution in [0.2, 0.25) is 0 Å². The maximum atomic E-state index is 9.15. The molecule has 0 aromatic heterocycles. The van der Waals surface area contributed by atoms with Crippen LogP contribution in [0, 0.1) is 11.3 Å². The molecule has 0 unspecified atom stereocenters. The number of hydrogen-bond acceptors (Lipinski definition) is 4. The van der Waals surface area contributed by atoms with Gasteiger partial charge in [0.1, 0.15) is 0 Å². The van der Waals surface area contributed by atoms with Crippen LogP contribution in [0.25, 0.3) is 0 Å². The molecule has 0 aromatic rings. The Morgan fingerprint density at radius 2 is 2.00 bits per heavy atom. The highest BCUT2D eigenvalue weighted by Crippen LogP contribution is 2.38. The number of hydrogen-bond donors (Lipinski definition) is 2. The minimum atomic E-state index is 0.209. The molecule has 0 aromatic carbocycles. The molecule has 1 rings (SSSR count). The van der Waals surface area contributed by atoms with Gasteiger partial charge in [0.05, 0.1) is 13.2 Å². The highest BCUT2D eigenvalue weighted by Gasteiger charge is 2.34. The van der Waals surface area contributed by atoms with E-state index in [0.29, 0.717) is 0 Å². The molecule has 0 amide bonds. The monoisotopic (exact) mass is 258 g/mol. The Bertz CT molecular complexity index is 216. The van der Waals surface area contributed by atoms with E-state index in [9.17, 15) is 0 Å². The summed E-state index contributed by atoms with van der Waals surface area (Å²) in [7, 11) is 1.72. The maximum Gasteiger partial charge on any atom is 0.0589 e. The van der Waals surface area contributed by atoms with Crippen molar-refractivity contribution in [1.29, 1.82) is 0 Å². The first kappa shape index (κ1) is 15.9. The number of nitrogens with two attached hydrogens (primary N) is 1. The van der Waals surface area contributed by atoms with Crippen molar-refractivity contribution in [1.82, 2.24) is 4.90 Å². The second-order valence-electron chi connectivity index (χ2n) is 5.88. The number of ether oxygens (including phenoxy) is 1. The first-order valence-electron chi connectivity index (χ1n) is 7.18. The SMILES string of the molecule is COCCN(CCO)CC1(CN)CCC(C)CC1. The Hall–Kier alpha value is -0.160. The Labute approximate surface area is 111 Å². The van der Waals surface area contributed by atoms with Crippen molar-refractivity contribution in [3.63, 3.8) is 0 Å². The zero-order valence-corrected chi connectivity index (χ0v) is 12.0. The first-order chi connectivity index (χ1) is 8.65. The van der Waals surface area contributed by atoms with Gasteiger partial charge in [-0.05, 0) is 30.7 Å². The summed E-state index contributed by atoms with van der Waals surface area (Å²) >= 11 is 0. The lowest BCUT2D eigenvalue weighted by Gasteiger charge is -2.42. The quantitative estimate of drug-likeness (QED) is 0.684. The summed E-state index contributed by atoms with van der Waals surface area (Å²) in [5.41, 5.74) is 6.30. The summed E-state index contributed by atoms with van der Waals surface area (Å²) in [5.74, 6) is 0.843. The Morgan fingerprint density at radius 1 is 1.33 bits per heavy atom. The Kier molecular flexibility index (Phi) is 7.15. The van der Waals surface area contributed by atoms with Crippen LogP contribution in [0.1, 0.15) is 32.6 Å². The van der Waals surface area contributed by atoms with Crippen LogP contribution in [-0.2, 0) is 4.74 Å². The van der Waals surface area contributed by atoms with E-state index in [0.717, 1.165) is 38.7 Å². The van der Waals surface area contributed by atoms with E-state index in [4.69, 9.17) is 15.6 Å². The molecule has 0 spiro atoms. The van der Waals surface area contributed by atoms with Gasteiger partial charge in [-0.3, -0.25) is 4.90 Å². The van der Waals surface area contributed by atoms with Gasteiger partial charge in [0, 0.05) is 26.7 Å². The summed E-state index contributed by atoms with van der Waals surface area (Å²) in [6.07, 6.45) is 5.02. The average molecular weight is 258 g/mol. The van der Waals surface area contributed by atoms with Gasteiger partial charge in [-0.1, -0.05) is 19.8 Å². The van der Waals surface area contributed by atoms with Crippen molar-refractivity contribution in [2.45, 2.75) is 32.6 Å². The molecule has 1 aliphatic carbocycles. The van der Waals surface area contributed by atoms with Gasteiger partial charge in [-0.15, -0.1) is 0 Å².